The van der Waals surface area contributed by atoms with E-state index in [9.17, 15) is 19.2 Å². The van der Waals surface area contributed by atoms with Crippen LogP contribution in [0, 0.1) is 0 Å². The fraction of sp³-hybridized carbons (Fsp3) is 0.118. The van der Waals surface area contributed by atoms with Crippen LogP contribution in [0.1, 0.15) is 26.3 Å². The van der Waals surface area contributed by atoms with Crippen molar-refractivity contribution in [3.8, 4) is 17.2 Å². The molecule has 0 saturated carbocycles. The standard InChI is InChI=1S/C34H31N3O8S/c1-43-28-16-21(17-29(44-2)31(28)45-3)15-27(37-32(39)22-9-5-4-6-10-22)33(40)36-25-13-8-14-26(19-25)46-20-30(38)35-24-12-7-11-23(18-24)34(41)42/h4-19H,20H2,1-3H3,(H,35,38)(H,36,40)(H,37,39)(H,41,42)/b27-15+. The van der Waals surface area contributed by atoms with Crippen LogP contribution in [0.3, 0.4) is 0 Å². The Labute approximate surface area is 269 Å². The van der Waals surface area contributed by atoms with E-state index in [0.717, 1.165) is 0 Å². The highest BCUT2D eigenvalue weighted by molar-refractivity contribution is 8.00. The number of carbonyl (C=O) groups is 4. The fourth-order valence-electron chi connectivity index (χ4n) is 4.23. The van der Waals surface area contributed by atoms with Crippen LogP contribution in [0.4, 0.5) is 11.4 Å². The van der Waals surface area contributed by atoms with E-state index in [1.165, 1.54) is 51.3 Å². The molecule has 0 aromatic heterocycles. The summed E-state index contributed by atoms with van der Waals surface area (Å²) in [6.07, 6.45) is 1.49. The number of benzene rings is 4. The molecule has 0 aliphatic heterocycles. The highest BCUT2D eigenvalue weighted by Gasteiger charge is 2.18. The summed E-state index contributed by atoms with van der Waals surface area (Å²) < 4.78 is 16.3. The number of aromatic carboxylic acids is 1. The summed E-state index contributed by atoms with van der Waals surface area (Å²) in [5, 5.41) is 17.3. The Bertz CT molecular complexity index is 1750. The number of carboxylic acid groups (broad SMARTS) is 1. The molecular formula is C34H31N3O8S. The summed E-state index contributed by atoms with van der Waals surface area (Å²) in [6, 6.07) is 24.6. The average molecular weight is 642 g/mol. The van der Waals surface area contributed by atoms with Crippen LogP contribution in [0.5, 0.6) is 17.2 Å². The van der Waals surface area contributed by atoms with E-state index < -0.39 is 17.8 Å². The van der Waals surface area contributed by atoms with Crippen molar-refractivity contribution in [1.29, 1.82) is 0 Å². The third-order valence-corrected chi connectivity index (χ3v) is 7.38. The number of hydrogen-bond donors (Lipinski definition) is 4. The van der Waals surface area contributed by atoms with Gasteiger partial charge in [0.2, 0.25) is 11.7 Å². The quantitative estimate of drug-likeness (QED) is 0.109. The molecule has 0 saturated heterocycles. The monoisotopic (exact) mass is 641 g/mol. The van der Waals surface area contributed by atoms with Crippen LogP contribution in [-0.2, 0) is 9.59 Å². The summed E-state index contributed by atoms with van der Waals surface area (Å²) in [7, 11) is 4.43. The number of thioether (sulfide) groups is 1. The maximum Gasteiger partial charge on any atom is 0.335 e. The van der Waals surface area contributed by atoms with Crippen molar-refractivity contribution in [2.75, 3.05) is 37.7 Å². The first-order valence-electron chi connectivity index (χ1n) is 13.8. The molecule has 0 bridgehead atoms. The van der Waals surface area contributed by atoms with Crippen LogP contribution in [0.15, 0.2) is 102 Å². The average Bonchev–Trinajstić information content (AvgIpc) is 3.07. The van der Waals surface area contributed by atoms with Crippen molar-refractivity contribution in [1.82, 2.24) is 5.32 Å². The van der Waals surface area contributed by atoms with Crippen molar-refractivity contribution in [2.45, 2.75) is 4.90 Å². The Morgan fingerprint density at radius 1 is 0.739 bits per heavy atom. The van der Waals surface area contributed by atoms with Gasteiger partial charge in [-0.1, -0.05) is 30.3 Å². The summed E-state index contributed by atoms with van der Waals surface area (Å²) in [4.78, 5) is 51.1. The van der Waals surface area contributed by atoms with Crippen LogP contribution >= 0.6 is 11.8 Å². The molecule has 12 heteroatoms. The van der Waals surface area contributed by atoms with Gasteiger partial charge in [-0.25, -0.2) is 4.79 Å². The van der Waals surface area contributed by atoms with Gasteiger partial charge in [0.05, 0.1) is 32.6 Å². The molecule has 3 amide bonds. The molecule has 4 aromatic carbocycles. The fourth-order valence-corrected chi connectivity index (χ4v) is 4.99. The van der Waals surface area contributed by atoms with Crippen LogP contribution < -0.4 is 30.2 Å². The van der Waals surface area contributed by atoms with Gasteiger partial charge in [-0.2, -0.15) is 0 Å². The molecule has 4 N–H and O–H groups in total. The Morgan fingerprint density at radius 3 is 2.00 bits per heavy atom. The first-order valence-corrected chi connectivity index (χ1v) is 14.7. The topological polar surface area (TPSA) is 152 Å². The predicted molar refractivity (Wildman–Crippen MR) is 176 cm³/mol. The SMILES string of the molecule is COc1cc(/C=C(/NC(=O)c2ccccc2)C(=O)Nc2cccc(SCC(=O)Nc3cccc(C(=O)O)c3)c2)cc(OC)c1OC. The normalized spacial score (nSPS) is 10.8. The summed E-state index contributed by atoms with van der Waals surface area (Å²) in [6.45, 7) is 0. The first kappa shape index (κ1) is 33.1. The number of amides is 3. The Morgan fingerprint density at radius 2 is 1.37 bits per heavy atom. The minimum atomic E-state index is -1.09. The van der Waals surface area contributed by atoms with Crippen LogP contribution in [-0.4, -0.2) is 55.9 Å². The van der Waals surface area contributed by atoms with Crippen molar-refractivity contribution in [3.63, 3.8) is 0 Å². The molecule has 4 rings (SSSR count). The maximum absolute atomic E-state index is 13.6. The molecule has 0 heterocycles. The lowest BCUT2D eigenvalue weighted by molar-refractivity contribution is -0.114. The van der Waals surface area contributed by atoms with E-state index in [-0.39, 0.29) is 22.9 Å². The largest absolute Gasteiger partial charge is 0.493 e. The minimum Gasteiger partial charge on any atom is -0.493 e. The highest BCUT2D eigenvalue weighted by atomic mass is 32.2. The van der Waals surface area contributed by atoms with Gasteiger partial charge in [-0.15, -0.1) is 11.8 Å². The lowest BCUT2D eigenvalue weighted by atomic mass is 10.1. The number of hydrogen-bond acceptors (Lipinski definition) is 8. The van der Waals surface area contributed by atoms with Gasteiger partial charge in [-0.3, -0.25) is 14.4 Å². The lowest BCUT2D eigenvalue weighted by Gasteiger charge is -2.15. The molecule has 236 valence electrons. The van der Waals surface area contributed by atoms with Crippen LogP contribution in [0.25, 0.3) is 6.08 Å². The molecule has 0 aliphatic carbocycles. The van der Waals surface area contributed by atoms with Crippen molar-refractivity contribution in [2.24, 2.45) is 0 Å². The minimum absolute atomic E-state index is 0.0358. The number of anilines is 2. The van der Waals surface area contributed by atoms with Crippen LogP contribution in [0.2, 0.25) is 0 Å². The smallest absolute Gasteiger partial charge is 0.335 e. The zero-order chi connectivity index (χ0) is 33.1. The first-order chi connectivity index (χ1) is 22.2. The lowest BCUT2D eigenvalue weighted by Crippen LogP contribution is -2.30. The third kappa shape index (κ3) is 8.89. The van der Waals surface area contributed by atoms with E-state index >= 15 is 0 Å². The maximum atomic E-state index is 13.6. The summed E-state index contributed by atoms with van der Waals surface area (Å²) in [5.74, 6) is -1.37. The number of carbonyl (C=O) groups excluding carboxylic acids is 3. The predicted octanol–water partition coefficient (Wildman–Crippen LogP) is 5.55. The molecule has 0 spiro atoms. The number of ether oxygens (including phenoxy) is 3. The van der Waals surface area contributed by atoms with Crippen molar-refractivity contribution in [3.05, 3.63) is 113 Å². The van der Waals surface area contributed by atoms with Gasteiger partial charge in [-0.05, 0) is 72.3 Å². The van der Waals surface area contributed by atoms with Gasteiger partial charge in [0, 0.05) is 21.8 Å². The van der Waals surface area contributed by atoms with E-state index in [0.29, 0.717) is 44.6 Å². The Hall–Kier alpha value is -5.75. The highest BCUT2D eigenvalue weighted by Crippen LogP contribution is 2.38. The number of rotatable bonds is 13. The van der Waals surface area contributed by atoms with Gasteiger partial charge >= 0.3 is 5.97 Å². The molecule has 4 aromatic rings. The summed E-state index contributed by atoms with van der Waals surface area (Å²) >= 11 is 1.23. The molecule has 0 aliphatic rings. The van der Waals surface area contributed by atoms with Crippen molar-refractivity contribution >= 4 is 52.9 Å². The molecule has 0 atom stereocenters. The number of carboxylic acids is 1. The van der Waals surface area contributed by atoms with Gasteiger partial charge in [0.15, 0.2) is 11.5 Å². The molecule has 0 unspecified atom stereocenters. The second-order valence-electron chi connectivity index (χ2n) is 9.54. The zero-order valence-corrected chi connectivity index (χ0v) is 26.0. The van der Waals surface area contributed by atoms with Gasteiger partial charge in [0.1, 0.15) is 5.70 Å². The molecule has 0 fully saturated rings. The Kier molecular flexibility index (Phi) is 11.4. The second-order valence-corrected chi connectivity index (χ2v) is 10.6. The molecule has 11 nitrogen and oxygen atoms in total. The zero-order valence-electron chi connectivity index (χ0n) is 25.2. The molecular weight excluding hydrogens is 610 g/mol. The van der Waals surface area contributed by atoms with E-state index in [2.05, 4.69) is 16.0 Å². The number of methoxy groups -OCH3 is 3. The summed E-state index contributed by atoms with van der Waals surface area (Å²) in [5.41, 5.74) is 1.66. The van der Waals surface area contributed by atoms with E-state index in [4.69, 9.17) is 19.3 Å². The number of nitrogens with one attached hydrogen (secondary N) is 3. The van der Waals surface area contributed by atoms with Gasteiger partial charge < -0.3 is 35.3 Å². The molecule has 46 heavy (non-hydrogen) atoms. The second kappa shape index (κ2) is 15.8. The molecule has 0 radical (unpaired) electrons. The van der Waals surface area contributed by atoms with Crippen molar-refractivity contribution < 1.29 is 38.5 Å². The van der Waals surface area contributed by atoms with E-state index in [1.807, 2.05) is 0 Å². The van der Waals surface area contributed by atoms with E-state index in [1.54, 1.807) is 78.9 Å². The Balaban J connectivity index is 1.52. The van der Waals surface area contributed by atoms with Gasteiger partial charge in [0.25, 0.3) is 11.8 Å². The third-order valence-electron chi connectivity index (χ3n) is 6.38.